The first-order valence-electron chi connectivity index (χ1n) is 8.00. The molecule has 0 fully saturated rings. The van der Waals surface area contributed by atoms with E-state index in [4.69, 9.17) is 16.3 Å². The third-order valence-corrected chi connectivity index (χ3v) is 4.01. The number of hydrogen-bond donors (Lipinski definition) is 1. The van der Waals surface area contributed by atoms with Crippen LogP contribution in [0.15, 0.2) is 24.3 Å². The molecule has 0 radical (unpaired) electrons. The Labute approximate surface area is 152 Å². The van der Waals surface area contributed by atoms with Crippen LogP contribution in [-0.4, -0.2) is 55.6 Å². The van der Waals surface area contributed by atoms with E-state index >= 15 is 0 Å². The maximum Gasteiger partial charge on any atom is 0.255 e. The normalized spacial score (nSPS) is 10.7. The minimum absolute atomic E-state index is 0.0150. The molecular weight excluding hydrogens is 342 g/mol. The average molecular weight is 364 g/mol. The van der Waals surface area contributed by atoms with Gasteiger partial charge in [0.25, 0.3) is 5.91 Å². The lowest BCUT2D eigenvalue weighted by atomic mass is 10.1. The van der Waals surface area contributed by atoms with Crippen molar-refractivity contribution < 1.29 is 14.3 Å². The molecule has 0 saturated carbocycles. The summed E-state index contributed by atoms with van der Waals surface area (Å²) in [5.41, 5.74) is 1.86. The largest absolute Gasteiger partial charge is 0.385 e. The van der Waals surface area contributed by atoms with Gasteiger partial charge in [0.15, 0.2) is 0 Å². The Balaban J connectivity index is 2.07. The van der Waals surface area contributed by atoms with E-state index in [9.17, 15) is 9.59 Å². The molecule has 1 aromatic heterocycles. The van der Waals surface area contributed by atoms with Crippen molar-refractivity contribution in [2.75, 3.05) is 33.9 Å². The lowest BCUT2D eigenvalue weighted by Gasteiger charge is -2.18. The molecule has 7 heteroatoms. The second-order valence-corrected chi connectivity index (χ2v) is 6.25. The summed E-state index contributed by atoms with van der Waals surface area (Å²) in [6.45, 7) is 2.86. The predicted octanol–water partition coefficient (Wildman–Crippen LogP) is 2.42. The van der Waals surface area contributed by atoms with Crippen molar-refractivity contribution in [1.82, 2.24) is 15.2 Å². The Morgan fingerprint density at radius 1 is 1.32 bits per heavy atom. The number of nitrogens with one attached hydrogen (secondary N) is 1. The van der Waals surface area contributed by atoms with Gasteiger partial charge < -0.3 is 15.0 Å². The van der Waals surface area contributed by atoms with Crippen LogP contribution in [0.3, 0.4) is 0 Å². The lowest BCUT2D eigenvalue weighted by molar-refractivity contribution is -0.121. The number of benzene rings is 1. The Hall–Kier alpha value is -2.18. The molecule has 0 aliphatic rings. The van der Waals surface area contributed by atoms with Gasteiger partial charge in [-0.05, 0) is 37.6 Å². The van der Waals surface area contributed by atoms with E-state index in [1.54, 1.807) is 39.3 Å². The van der Waals surface area contributed by atoms with Gasteiger partial charge >= 0.3 is 0 Å². The van der Waals surface area contributed by atoms with Crippen LogP contribution in [0, 0.1) is 6.92 Å². The zero-order chi connectivity index (χ0) is 18.4. The maximum atomic E-state index is 12.7. The van der Waals surface area contributed by atoms with Crippen LogP contribution >= 0.6 is 11.6 Å². The molecule has 134 valence electrons. The fourth-order valence-electron chi connectivity index (χ4n) is 2.45. The molecule has 6 nitrogen and oxygen atoms in total. The number of carbonyl (C=O) groups excluding carboxylic acids is 2. The summed E-state index contributed by atoms with van der Waals surface area (Å²) < 4.78 is 4.93. The second-order valence-electron chi connectivity index (χ2n) is 5.82. The zero-order valence-electron chi connectivity index (χ0n) is 14.6. The summed E-state index contributed by atoms with van der Waals surface area (Å²) in [4.78, 5) is 30.4. The topological polar surface area (TPSA) is 71.5 Å². The Kier molecular flexibility index (Phi) is 6.73. The fourth-order valence-corrected chi connectivity index (χ4v) is 2.63. The van der Waals surface area contributed by atoms with Crippen LogP contribution in [0.25, 0.3) is 10.9 Å². The van der Waals surface area contributed by atoms with E-state index in [1.165, 1.54) is 4.90 Å². The number of aromatic nitrogens is 1. The van der Waals surface area contributed by atoms with Gasteiger partial charge in [0.2, 0.25) is 5.91 Å². The molecule has 0 unspecified atom stereocenters. The number of hydrogen-bond acceptors (Lipinski definition) is 4. The molecule has 1 N–H and O–H groups in total. The first-order chi connectivity index (χ1) is 11.9. The fraction of sp³-hybridized carbons (Fsp3) is 0.389. The molecule has 0 aliphatic carbocycles. The van der Waals surface area contributed by atoms with Crippen molar-refractivity contribution >= 4 is 34.3 Å². The third-order valence-electron chi connectivity index (χ3n) is 3.77. The zero-order valence-corrected chi connectivity index (χ0v) is 15.4. The van der Waals surface area contributed by atoms with Gasteiger partial charge in [-0.25, -0.2) is 0 Å². The van der Waals surface area contributed by atoms with Crippen LogP contribution in [-0.2, 0) is 9.53 Å². The van der Waals surface area contributed by atoms with E-state index in [0.29, 0.717) is 29.4 Å². The van der Waals surface area contributed by atoms with Crippen molar-refractivity contribution in [3.05, 3.63) is 40.5 Å². The third kappa shape index (κ3) is 5.14. The van der Waals surface area contributed by atoms with Crippen LogP contribution in [0.1, 0.15) is 22.5 Å². The maximum absolute atomic E-state index is 12.7. The highest BCUT2D eigenvalue weighted by Gasteiger charge is 2.18. The number of halogens is 1. The second kappa shape index (κ2) is 8.78. The first kappa shape index (κ1) is 19.1. The molecule has 2 aromatic rings. The van der Waals surface area contributed by atoms with Crippen LogP contribution < -0.4 is 5.32 Å². The summed E-state index contributed by atoms with van der Waals surface area (Å²) in [7, 11) is 3.21. The summed E-state index contributed by atoms with van der Waals surface area (Å²) >= 11 is 6.01. The Morgan fingerprint density at radius 2 is 2.08 bits per heavy atom. The number of methoxy groups -OCH3 is 1. The molecule has 0 atom stereocenters. The molecule has 0 saturated heterocycles. The SMILES string of the molecule is COCCCNC(=O)CN(C)C(=O)c1cc2cc(Cl)ccc2nc1C. The number of ether oxygens (including phenoxy) is 1. The minimum atomic E-state index is -0.251. The van der Waals surface area contributed by atoms with Gasteiger partial charge in [-0.3, -0.25) is 14.6 Å². The van der Waals surface area contributed by atoms with Crippen molar-refractivity contribution in [3.8, 4) is 0 Å². The highest BCUT2D eigenvalue weighted by Crippen LogP contribution is 2.21. The molecule has 1 aromatic carbocycles. The van der Waals surface area contributed by atoms with Gasteiger partial charge in [0, 0.05) is 37.7 Å². The van der Waals surface area contributed by atoms with Crippen LogP contribution in [0.5, 0.6) is 0 Å². The smallest absolute Gasteiger partial charge is 0.255 e. The average Bonchev–Trinajstić information content (AvgIpc) is 2.57. The summed E-state index contributed by atoms with van der Waals surface area (Å²) in [5, 5.41) is 4.13. The first-order valence-corrected chi connectivity index (χ1v) is 8.38. The highest BCUT2D eigenvalue weighted by atomic mass is 35.5. The molecule has 2 rings (SSSR count). The van der Waals surface area contributed by atoms with Crippen molar-refractivity contribution in [2.45, 2.75) is 13.3 Å². The number of fused-ring (bicyclic) bond motifs is 1. The predicted molar refractivity (Wildman–Crippen MR) is 98.0 cm³/mol. The highest BCUT2D eigenvalue weighted by molar-refractivity contribution is 6.31. The number of pyridine rings is 1. The number of rotatable bonds is 7. The van der Waals surface area contributed by atoms with Crippen LogP contribution in [0.4, 0.5) is 0 Å². The molecular formula is C18H22ClN3O3. The number of amides is 2. The quantitative estimate of drug-likeness (QED) is 0.767. The monoisotopic (exact) mass is 363 g/mol. The molecule has 0 bridgehead atoms. The van der Waals surface area contributed by atoms with E-state index in [0.717, 1.165) is 17.3 Å². The number of likely N-dealkylation sites (N-methyl/N-ethyl adjacent to an activating group) is 1. The van der Waals surface area contributed by atoms with Crippen molar-refractivity contribution in [1.29, 1.82) is 0 Å². The van der Waals surface area contributed by atoms with E-state index in [1.807, 2.05) is 6.07 Å². The Morgan fingerprint density at radius 3 is 2.80 bits per heavy atom. The minimum Gasteiger partial charge on any atom is -0.385 e. The lowest BCUT2D eigenvalue weighted by Crippen LogP contribution is -2.39. The van der Waals surface area contributed by atoms with Gasteiger partial charge in [-0.2, -0.15) is 0 Å². The molecule has 25 heavy (non-hydrogen) atoms. The molecule has 0 aliphatic heterocycles. The standard InChI is InChI=1S/C18H22ClN3O3/c1-12-15(10-13-9-14(19)5-6-16(13)21-12)18(24)22(2)11-17(23)20-7-4-8-25-3/h5-6,9-10H,4,7-8,11H2,1-3H3,(H,20,23). The van der Waals surface area contributed by atoms with Gasteiger partial charge in [-0.1, -0.05) is 11.6 Å². The molecule has 0 spiro atoms. The van der Waals surface area contributed by atoms with Gasteiger partial charge in [0.05, 0.1) is 23.3 Å². The van der Waals surface area contributed by atoms with Gasteiger partial charge in [0.1, 0.15) is 0 Å². The number of nitrogens with zero attached hydrogens (tertiary/aromatic N) is 2. The van der Waals surface area contributed by atoms with Crippen LogP contribution in [0.2, 0.25) is 5.02 Å². The van der Waals surface area contributed by atoms with E-state index in [2.05, 4.69) is 10.3 Å². The summed E-state index contributed by atoms with van der Waals surface area (Å²) in [6, 6.07) is 7.11. The van der Waals surface area contributed by atoms with E-state index in [-0.39, 0.29) is 18.4 Å². The Bertz CT molecular complexity index is 779. The molecule has 1 heterocycles. The summed E-state index contributed by atoms with van der Waals surface area (Å²) in [6.07, 6.45) is 0.731. The number of aryl methyl sites for hydroxylation is 1. The van der Waals surface area contributed by atoms with Crippen molar-refractivity contribution in [2.24, 2.45) is 0 Å². The van der Waals surface area contributed by atoms with Crippen molar-refractivity contribution in [3.63, 3.8) is 0 Å². The van der Waals surface area contributed by atoms with Gasteiger partial charge in [-0.15, -0.1) is 0 Å². The summed E-state index contributed by atoms with van der Waals surface area (Å²) in [5.74, 6) is -0.458. The number of carbonyl (C=O) groups is 2. The molecule has 2 amide bonds. The van der Waals surface area contributed by atoms with E-state index < -0.39 is 0 Å².